The van der Waals surface area contributed by atoms with Crippen LogP contribution < -0.4 is 10.0 Å². The molecule has 1 aromatic heterocycles. The minimum Gasteiger partial charge on any atom is -0.326 e. The second kappa shape index (κ2) is 6.20. The Morgan fingerprint density at radius 2 is 2.09 bits per heavy atom. The summed E-state index contributed by atoms with van der Waals surface area (Å²) >= 11 is 1.51. The highest BCUT2D eigenvalue weighted by atomic mass is 32.2. The van der Waals surface area contributed by atoms with Gasteiger partial charge in [-0.1, -0.05) is 6.07 Å². The SMILES string of the molecule is O=C1CCCc2cc(S(=O)(=O)NCc3cccs3)ccc2N1. The van der Waals surface area contributed by atoms with Gasteiger partial charge in [-0.15, -0.1) is 11.3 Å². The van der Waals surface area contributed by atoms with Crippen LogP contribution in [0.1, 0.15) is 23.3 Å². The van der Waals surface area contributed by atoms with Crippen LogP contribution in [0.5, 0.6) is 0 Å². The Labute approximate surface area is 133 Å². The Morgan fingerprint density at radius 3 is 2.86 bits per heavy atom. The van der Waals surface area contributed by atoms with Crippen LogP contribution in [0.2, 0.25) is 0 Å². The lowest BCUT2D eigenvalue weighted by Crippen LogP contribution is -2.23. The molecule has 2 heterocycles. The molecule has 0 atom stereocenters. The lowest BCUT2D eigenvalue weighted by atomic mass is 10.1. The van der Waals surface area contributed by atoms with E-state index in [0.29, 0.717) is 18.5 Å². The first-order valence-electron chi connectivity index (χ1n) is 6.99. The predicted octanol–water partition coefficient (Wildman–Crippen LogP) is 2.50. The number of hydrogen-bond acceptors (Lipinski definition) is 4. The maximum Gasteiger partial charge on any atom is 0.240 e. The normalized spacial score (nSPS) is 15.0. The fourth-order valence-electron chi connectivity index (χ4n) is 2.38. The van der Waals surface area contributed by atoms with Crippen molar-refractivity contribution in [3.8, 4) is 0 Å². The molecule has 2 aromatic rings. The minimum atomic E-state index is -3.55. The Balaban J connectivity index is 1.82. The summed E-state index contributed by atoms with van der Waals surface area (Å²) in [5.74, 6) is -0.0230. The molecule has 7 heteroatoms. The molecular weight excluding hydrogens is 320 g/mol. The highest BCUT2D eigenvalue weighted by molar-refractivity contribution is 7.89. The number of amides is 1. The smallest absolute Gasteiger partial charge is 0.240 e. The monoisotopic (exact) mass is 336 g/mol. The number of benzene rings is 1. The van der Waals surface area contributed by atoms with E-state index in [4.69, 9.17) is 0 Å². The average Bonchev–Trinajstić information content (AvgIpc) is 2.93. The zero-order valence-electron chi connectivity index (χ0n) is 11.8. The number of rotatable bonds is 4. The van der Waals surface area contributed by atoms with Gasteiger partial charge in [-0.2, -0.15) is 0 Å². The summed E-state index contributed by atoms with van der Waals surface area (Å²) in [7, 11) is -3.55. The average molecular weight is 336 g/mol. The van der Waals surface area contributed by atoms with Crippen LogP contribution in [-0.4, -0.2) is 14.3 Å². The van der Waals surface area contributed by atoms with Gasteiger partial charge in [0.1, 0.15) is 0 Å². The van der Waals surface area contributed by atoms with E-state index in [0.717, 1.165) is 16.9 Å². The van der Waals surface area contributed by atoms with E-state index in [9.17, 15) is 13.2 Å². The molecule has 0 fully saturated rings. The molecule has 22 heavy (non-hydrogen) atoms. The number of fused-ring (bicyclic) bond motifs is 1. The quantitative estimate of drug-likeness (QED) is 0.901. The Hall–Kier alpha value is -1.70. The number of thiophene rings is 1. The number of carbonyl (C=O) groups excluding carboxylic acids is 1. The third-order valence-corrected chi connectivity index (χ3v) is 5.80. The number of aryl methyl sites for hydroxylation is 1. The summed E-state index contributed by atoms with van der Waals surface area (Å²) < 4.78 is 27.3. The number of sulfonamides is 1. The molecule has 1 aromatic carbocycles. The molecule has 2 N–H and O–H groups in total. The summed E-state index contributed by atoms with van der Waals surface area (Å²) in [6.45, 7) is 0.286. The predicted molar refractivity (Wildman–Crippen MR) is 86.4 cm³/mol. The lowest BCUT2D eigenvalue weighted by Gasteiger charge is -2.10. The van der Waals surface area contributed by atoms with Gasteiger partial charge in [0, 0.05) is 23.5 Å². The highest BCUT2D eigenvalue weighted by Gasteiger charge is 2.18. The fraction of sp³-hybridized carbons (Fsp3) is 0.267. The van der Waals surface area contributed by atoms with Crippen LogP contribution >= 0.6 is 11.3 Å². The molecule has 0 unspecified atom stereocenters. The summed E-state index contributed by atoms with van der Waals surface area (Å²) in [6, 6.07) is 8.62. The highest BCUT2D eigenvalue weighted by Crippen LogP contribution is 2.25. The summed E-state index contributed by atoms with van der Waals surface area (Å²) in [4.78, 5) is 12.7. The zero-order valence-corrected chi connectivity index (χ0v) is 13.5. The first-order chi connectivity index (χ1) is 10.5. The van der Waals surface area contributed by atoms with Crippen LogP contribution in [0.4, 0.5) is 5.69 Å². The van der Waals surface area contributed by atoms with E-state index in [1.807, 2.05) is 17.5 Å². The first-order valence-corrected chi connectivity index (χ1v) is 9.36. The number of hydrogen-bond donors (Lipinski definition) is 2. The Morgan fingerprint density at radius 1 is 1.23 bits per heavy atom. The fourth-order valence-corrected chi connectivity index (χ4v) is 4.17. The van der Waals surface area contributed by atoms with Crippen molar-refractivity contribution >= 4 is 33.0 Å². The number of carbonyl (C=O) groups is 1. The topological polar surface area (TPSA) is 75.3 Å². The van der Waals surface area contributed by atoms with Gasteiger partial charge in [-0.25, -0.2) is 13.1 Å². The minimum absolute atomic E-state index is 0.0230. The molecule has 5 nitrogen and oxygen atoms in total. The van der Waals surface area contributed by atoms with Gasteiger partial charge in [0.15, 0.2) is 0 Å². The van der Waals surface area contributed by atoms with Crippen LogP contribution in [0, 0.1) is 0 Å². The van der Waals surface area contributed by atoms with Crippen molar-refractivity contribution in [2.75, 3.05) is 5.32 Å². The van der Waals surface area contributed by atoms with Gasteiger partial charge in [-0.3, -0.25) is 4.79 Å². The molecule has 1 aliphatic heterocycles. The summed E-state index contributed by atoms with van der Waals surface area (Å²) in [5.41, 5.74) is 1.57. The molecule has 0 spiro atoms. The Bertz CT molecular complexity index is 783. The molecule has 0 saturated carbocycles. The largest absolute Gasteiger partial charge is 0.326 e. The Kier molecular flexibility index (Phi) is 4.28. The summed E-state index contributed by atoms with van der Waals surface area (Å²) in [5, 5.41) is 4.71. The van der Waals surface area contributed by atoms with E-state index in [2.05, 4.69) is 10.0 Å². The molecule has 116 valence electrons. The van der Waals surface area contributed by atoms with Gasteiger partial charge in [0.2, 0.25) is 15.9 Å². The van der Waals surface area contributed by atoms with E-state index < -0.39 is 10.0 Å². The van der Waals surface area contributed by atoms with Gasteiger partial charge < -0.3 is 5.32 Å². The van der Waals surface area contributed by atoms with Crippen molar-refractivity contribution < 1.29 is 13.2 Å². The van der Waals surface area contributed by atoms with Crippen molar-refractivity contribution in [1.82, 2.24) is 4.72 Å². The maximum absolute atomic E-state index is 12.4. The second-order valence-corrected chi connectivity index (χ2v) is 7.92. The molecule has 3 rings (SSSR count). The van der Waals surface area contributed by atoms with Gasteiger partial charge in [0.05, 0.1) is 4.90 Å². The molecule has 1 aliphatic rings. The van der Waals surface area contributed by atoms with Crippen molar-refractivity contribution in [3.05, 3.63) is 46.2 Å². The van der Waals surface area contributed by atoms with Gasteiger partial charge in [-0.05, 0) is 48.1 Å². The van der Waals surface area contributed by atoms with Crippen LogP contribution in [-0.2, 0) is 27.8 Å². The lowest BCUT2D eigenvalue weighted by molar-refractivity contribution is -0.116. The van der Waals surface area contributed by atoms with E-state index in [1.165, 1.54) is 17.4 Å². The molecule has 0 radical (unpaired) electrons. The maximum atomic E-state index is 12.4. The van der Waals surface area contributed by atoms with Gasteiger partial charge in [0.25, 0.3) is 0 Å². The van der Waals surface area contributed by atoms with Crippen LogP contribution in [0.25, 0.3) is 0 Å². The molecule has 1 amide bonds. The van der Waals surface area contributed by atoms with E-state index in [-0.39, 0.29) is 17.3 Å². The number of nitrogens with one attached hydrogen (secondary N) is 2. The molecular formula is C15H16N2O3S2. The van der Waals surface area contributed by atoms with Crippen molar-refractivity contribution in [2.45, 2.75) is 30.7 Å². The van der Waals surface area contributed by atoms with Crippen molar-refractivity contribution in [2.24, 2.45) is 0 Å². The second-order valence-electron chi connectivity index (χ2n) is 5.12. The molecule has 0 aliphatic carbocycles. The number of anilines is 1. The van der Waals surface area contributed by atoms with E-state index >= 15 is 0 Å². The third-order valence-electron chi connectivity index (χ3n) is 3.53. The first kappa shape index (κ1) is 15.2. The standard InChI is InChI=1S/C15H16N2O3S2/c18-15-5-1-3-11-9-13(6-7-14(11)17-15)22(19,20)16-10-12-4-2-8-21-12/h2,4,6-9,16H,1,3,5,10H2,(H,17,18). The van der Waals surface area contributed by atoms with Gasteiger partial charge >= 0.3 is 0 Å². The van der Waals surface area contributed by atoms with Crippen LogP contribution in [0.3, 0.4) is 0 Å². The molecule has 0 bridgehead atoms. The molecule has 0 saturated heterocycles. The van der Waals surface area contributed by atoms with E-state index in [1.54, 1.807) is 12.1 Å². The zero-order chi connectivity index (χ0) is 15.6. The van der Waals surface area contributed by atoms with Crippen LogP contribution in [0.15, 0.2) is 40.6 Å². The van der Waals surface area contributed by atoms with Crippen molar-refractivity contribution in [1.29, 1.82) is 0 Å². The van der Waals surface area contributed by atoms with Crippen molar-refractivity contribution in [3.63, 3.8) is 0 Å². The summed E-state index contributed by atoms with van der Waals surface area (Å²) in [6.07, 6.45) is 1.89. The third kappa shape index (κ3) is 3.37.